The molecule has 0 N–H and O–H groups in total. The first-order valence-corrected chi connectivity index (χ1v) is 5.47. The van der Waals surface area contributed by atoms with Gasteiger partial charge in [0.05, 0.1) is 6.61 Å². The van der Waals surface area contributed by atoms with Crippen LogP contribution in [0.4, 0.5) is 9.18 Å². The van der Waals surface area contributed by atoms with Gasteiger partial charge in [0.15, 0.2) is 0 Å². The first kappa shape index (κ1) is 13.2. The number of amides is 1. The number of halogens is 1. The molecule has 0 bridgehead atoms. The van der Waals surface area contributed by atoms with E-state index in [1.807, 2.05) is 0 Å². The van der Waals surface area contributed by atoms with Crippen LogP contribution in [0.2, 0.25) is 0 Å². The van der Waals surface area contributed by atoms with Crippen LogP contribution < -0.4 is 0 Å². The summed E-state index contributed by atoms with van der Waals surface area (Å²) in [5.74, 6) is -1.71. The Balaban J connectivity index is 2.68. The fourth-order valence-electron chi connectivity index (χ4n) is 1.79. The standard InChI is InChI=1S/C11H20FNO3/c1-10(2,3)16-9(14)13-7-5-6-11(13,12)8-15-4/h5-8H2,1-4H3/t11-/m1/s1. The molecule has 1 fully saturated rings. The van der Waals surface area contributed by atoms with Gasteiger partial charge in [0.25, 0.3) is 0 Å². The van der Waals surface area contributed by atoms with Crippen LogP contribution in [0.5, 0.6) is 0 Å². The summed E-state index contributed by atoms with van der Waals surface area (Å²) < 4.78 is 24.3. The van der Waals surface area contributed by atoms with Gasteiger partial charge < -0.3 is 9.47 Å². The van der Waals surface area contributed by atoms with Crippen molar-refractivity contribution in [2.75, 3.05) is 20.3 Å². The summed E-state index contributed by atoms with van der Waals surface area (Å²) in [6.45, 7) is 5.56. The van der Waals surface area contributed by atoms with Gasteiger partial charge in [0, 0.05) is 20.1 Å². The molecule has 0 aromatic heterocycles. The van der Waals surface area contributed by atoms with Crippen LogP contribution in [0.15, 0.2) is 0 Å². The van der Waals surface area contributed by atoms with Crippen molar-refractivity contribution < 1.29 is 18.7 Å². The summed E-state index contributed by atoms with van der Waals surface area (Å²) in [6.07, 6.45) is 0.337. The number of hydrogen-bond acceptors (Lipinski definition) is 3. The third-order valence-corrected chi connectivity index (χ3v) is 2.40. The number of carbonyl (C=O) groups is 1. The second-order valence-electron chi connectivity index (χ2n) is 5.09. The zero-order valence-corrected chi connectivity index (χ0v) is 10.4. The molecule has 1 amide bonds. The van der Waals surface area contributed by atoms with Crippen LogP contribution in [-0.4, -0.2) is 42.6 Å². The number of hydrogen-bond donors (Lipinski definition) is 0. The Kier molecular flexibility index (Phi) is 3.78. The molecule has 0 aromatic carbocycles. The van der Waals surface area contributed by atoms with Gasteiger partial charge in [-0.05, 0) is 27.2 Å². The summed E-state index contributed by atoms with van der Waals surface area (Å²) in [6, 6.07) is 0. The smallest absolute Gasteiger partial charge is 0.412 e. The van der Waals surface area contributed by atoms with Crippen molar-refractivity contribution in [1.29, 1.82) is 0 Å². The molecule has 16 heavy (non-hydrogen) atoms. The monoisotopic (exact) mass is 233 g/mol. The Morgan fingerprint density at radius 3 is 2.62 bits per heavy atom. The van der Waals surface area contributed by atoms with Gasteiger partial charge in [-0.1, -0.05) is 0 Å². The lowest BCUT2D eigenvalue weighted by atomic mass is 10.2. The van der Waals surface area contributed by atoms with E-state index in [0.29, 0.717) is 19.4 Å². The van der Waals surface area contributed by atoms with Gasteiger partial charge in [-0.3, -0.25) is 4.90 Å². The van der Waals surface area contributed by atoms with E-state index in [-0.39, 0.29) is 6.61 Å². The molecule has 0 saturated carbocycles. The second-order valence-corrected chi connectivity index (χ2v) is 5.09. The third kappa shape index (κ3) is 3.07. The molecule has 4 nitrogen and oxygen atoms in total. The molecular weight excluding hydrogens is 213 g/mol. The average molecular weight is 233 g/mol. The quantitative estimate of drug-likeness (QED) is 0.687. The zero-order valence-electron chi connectivity index (χ0n) is 10.4. The van der Waals surface area contributed by atoms with Crippen molar-refractivity contribution in [2.45, 2.75) is 45.0 Å². The van der Waals surface area contributed by atoms with E-state index in [4.69, 9.17) is 9.47 Å². The summed E-state index contributed by atoms with van der Waals surface area (Å²) in [4.78, 5) is 12.9. The summed E-state index contributed by atoms with van der Waals surface area (Å²) in [7, 11) is 1.42. The Bertz CT molecular complexity index is 264. The molecule has 0 radical (unpaired) electrons. The number of methoxy groups -OCH3 is 1. The molecule has 0 unspecified atom stereocenters. The van der Waals surface area contributed by atoms with Gasteiger partial charge in [0.1, 0.15) is 5.60 Å². The van der Waals surface area contributed by atoms with E-state index in [9.17, 15) is 9.18 Å². The summed E-state index contributed by atoms with van der Waals surface area (Å²) in [5.41, 5.74) is -0.604. The minimum absolute atomic E-state index is 0.105. The number of alkyl halides is 1. The molecule has 94 valence electrons. The SMILES string of the molecule is COC[C@@]1(F)CCCN1C(=O)OC(C)(C)C. The average Bonchev–Trinajstić information content (AvgIpc) is 2.44. The highest BCUT2D eigenvalue weighted by atomic mass is 19.1. The summed E-state index contributed by atoms with van der Waals surface area (Å²) >= 11 is 0. The van der Waals surface area contributed by atoms with Crippen molar-refractivity contribution in [2.24, 2.45) is 0 Å². The van der Waals surface area contributed by atoms with Gasteiger partial charge in [0.2, 0.25) is 5.79 Å². The maximum absolute atomic E-state index is 14.3. The number of ether oxygens (including phenoxy) is 2. The molecule has 1 aliphatic rings. The summed E-state index contributed by atoms with van der Waals surface area (Å²) in [5, 5.41) is 0. The molecule has 1 atom stereocenters. The highest BCUT2D eigenvalue weighted by molar-refractivity contribution is 5.69. The van der Waals surface area contributed by atoms with E-state index in [1.165, 1.54) is 7.11 Å². The van der Waals surface area contributed by atoms with Crippen molar-refractivity contribution in [3.05, 3.63) is 0 Å². The number of carbonyl (C=O) groups excluding carboxylic acids is 1. The van der Waals surface area contributed by atoms with Gasteiger partial charge in [-0.15, -0.1) is 0 Å². The van der Waals surface area contributed by atoms with Gasteiger partial charge in [-0.2, -0.15) is 0 Å². The molecule has 1 rings (SSSR count). The Labute approximate surface area is 95.7 Å². The van der Waals surface area contributed by atoms with E-state index >= 15 is 0 Å². The number of nitrogens with zero attached hydrogens (tertiary/aromatic N) is 1. The highest BCUT2D eigenvalue weighted by Crippen LogP contribution is 2.32. The predicted octanol–water partition coefficient (Wildman–Crippen LogP) is 2.33. The van der Waals surface area contributed by atoms with E-state index < -0.39 is 17.5 Å². The van der Waals surface area contributed by atoms with Crippen LogP contribution in [0.3, 0.4) is 0 Å². The maximum atomic E-state index is 14.3. The predicted molar refractivity (Wildman–Crippen MR) is 57.9 cm³/mol. The van der Waals surface area contributed by atoms with Crippen molar-refractivity contribution in [3.8, 4) is 0 Å². The normalized spacial score (nSPS) is 25.9. The van der Waals surface area contributed by atoms with Crippen LogP contribution in [0.1, 0.15) is 33.6 Å². The van der Waals surface area contributed by atoms with E-state index in [1.54, 1.807) is 20.8 Å². The van der Waals surface area contributed by atoms with Gasteiger partial charge in [-0.25, -0.2) is 9.18 Å². The van der Waals surface area contributed by atoms with Crippen LogP contribution in [-0.2, 0) is 9.47 Å². The largest absolute Gasteiger partial charge is 0.444 e. The van der Waals surface area contributed by atoms with Crippen LogP contribution in [0, 0.1) is 0 Å². The van der Waals surface area contributed by atoms with Crippen molar-refractivity contribution in [1.82, 2.24) is 4.90 Å². The molecule has 0 aromatic rings. The molecule has 1 saturated heterocycles. The van der Waals surface area contributed by atoms with E-state index in [0.717, 1.165) is 4.90 Å². The van der Waals surface area contributed by atoms with E-state index in [2.05, 4.69) is 0 Å². The highest BCUT2D eigenvalue weighted by Gasteiger charge is 2.45. The molecule has 0 spiro atoms. The fraction of sp³-hybridized carbons (Fsp3) is 0.909. The second kappa shape index (κ2) is 4.57. The van der Waals surface area contributed by atoms with Crippen LogP contribution >= 0.6 is 0 Å². The molecule has 1 heterocycles. The molecular formula is C11H20FNO3. The third-order valence-electron chi connectivity index (χ3n) is 2.40. The Hall–Kier alpha value is -0.840. The van der Waals surface area contributed by atoms with Crippen LogP contribution in [0.25, 0.3) is 0 Å². The minimum atomic E-state index is -1.71. The number of likely N-dealkylation sites (tertiary alicyclic amines) is 1. The zero-order chi connectivity index (χ0) is 12.4. The van der Waals surface area contributed by atoms with Crippen molar-refractivity contribution in [3.63, 3.8) is 0 Å². The van der Waals surface area contributed by atoms with Crippen molar-refractivity contribution >= 4 is 6.09 Å². The first-order chi connectivity index (χ1) is 7.28. The lowest BCUT2D eigenvalue weighted by Crippen LogP contribution is -2.48. The molecule has 0 aliphatic carbocycles. The fourth-order valence-corrected chi connectivity index (χ4v) is 1.79. The van der Waals surface area contributed by atoms with Gasteiger partial charge >= 0.3 is 6.09 Å². The molecule has 1 aliphatic heterocycles. The maximum Gasteiger partial charge on any atom is 0.412 e. The first-order valence-electron chi connectivity index (χ1n) is 5.47. The Morgan fingerprint density at radius 1 is 1.50 bits per heavy atom. The molecule has 5 heteroatoms. The lowest BCUT2D eigenvalue weighted by Gasteiger charge is -2.32. The lowest BCUT2D eigenvalue weighted by molar-refractivity contribution is -0.0669. The Morgan fingerprint density at radius 2 is 2.12 bits per heavy atom. The number of rotatable bonds is 2. The minimum Gasteiger partial charge on any atom is -0.444 e. The topological polar surface area (TPSA) is 38.8 Å².